The van der Waals surface area contributed by atoms with Gasteiger partial charge in [-0.15, -0.1) is 0 Å². The molecule has 2 N–H and O–H groups in total. The van der Waals surface area contributed by atoms with E-state index >= 15 is 0 Å². The summed E-state index contributed by atoms with van der Waals surface area (Å²) in [5, 5.41) is 3.10. The van der Waals surface area contributed by atoms with Crippen LogP contribution in [-0.2, 0) is 12.0 Å². The van der Waals surface area contributed by atoms with Crippen molar-refractivity contribution >= 4 is 23.7 Å². The molecule has 0 radical (unpaired) electrons. The van der Waals surface area contributed by atoms with E-state index in [2.05, 4.69) is 16.1 Å². The van der Waals surface area contributed by atoms with Gasteiger partial charge in [0.15, 0.2) is 0 Å². The number of benzene rings is 2. The molecule has 7 heteroatoms. The van der Waals surface area contributed by atoms with Crippen LogP contribution in [0.4, 0.5) is 14.9 Å². The standard InChI is InChI=1S/C27H29FN4OS/c1-18-13-20(28)7-10-22(18)24-14-23-25(16-30-24)32(17-27(23)11-3-4-12-27)26(33)31-15-19-5-8-21(9-6-19)34-29-2/h5-10,13-14,16,29H,3-4,11-12,15,17H2,1-2H3,(H,31,33). The van der Waals surface area contributed by atoms with Crippen LogP contribution in [0.15, 0.2) is 59.6 Å². The second-order valence-corrected chi connectivity index (χ2v) is 10.3. The Balaban J connectivity index is 1.39. The Kier molecular flexibility index (Phi) is 6.32. The van der Waals surface area contributed by atoms with Crippen LogP contribution in [0.25, 0.3) is 11.3 Å². The minimum atomic E-state index is -0.243. The fraction of sp³-hybridized carbons (Fsp3) is 0.333. The molecule has 3 aromatic rings. The number of halogens is 1. The lowest BCUT2D eigenvalue weighted by molar-refractivity contribution is 0.245. The number of carbonyl (C=O) groups is 1. The van der Waals surface area contributed by atoms with Gasteiger partial charge < -0.3 is 5.32 Å². The summed E-state index contributed by atoms with van der Waals surface area (Å²) in [6.07, 6.45) is 6.29. The molecule has 2 heterocycles. The Bertz CT molecular complexity index is 1210. The first-order valence-corrected chi connectivity index (χ1v) is 12.6. The first-order valence-electron chi connectivity index (χ1n) is 11.7. The molecule has 0 unspecified atom stereocenters. The van der Waals surface area contributed by atoms with Crippen LogP contribution in [-0.4, -0.2) is 24.6 Å². The van der Waals surface area contributed by atoms with E-state index in [1.54, 1.807) is 24.1 Å². The molecule has 176 valence electrons. The van der Waals surface area contributed by atoms with Crippen molar-refractivity contribution in [2.24, 2.45) is 0 Å². The predicted octanol–water partition coefficient (Wildman–Crippen LogP) is 5.96. The number of hydrogen-bond donors (Lipinski definition) is 2. The number of pyridine rings is 1. The summed E-state index contributed by atoms with van der Waals surface area (Å²) in [4.78, 5) is 21.0. The van der Waals surface area contributed by atoms with Gasteiger partial charge in [-0.25, -0.2) is 9.18 Å². The Morgan fingerprint density at radius 3 is 2.62 bits per heavy atom. The van der Waals surface area contributed by atoms with Crippen LogP contribution in [0, 0.1) is 12.7 Å². The number of carbonyl (C=O) groups excluding carboxylic acids is 1. The van der Waals surface area contributed by atoms with Gasteiger partial charge in [0, 0.05) is 29.0 Å². The highest BCUT2D eigenvalue weighted by Gasteiger charge is 2.46. The number of fused-ring (bicyclic) bond motifs is 2. The SMILES string of the molecule is CNSc1ccc(CNC(=O)N2CC3(CCCC3)c3cc(-c4ccc(F)cc4C)ncc32)cc1. The molecule has 5 nitrogen and oxygen atoms in total. The zero-order valence-corrected chi connectivity index (χ0v) is 20.3. The van der Waals surface area contributed by atoms with Crippen LogP contribution in [0.5, 0.6) is 0 Å². The molecule has 1 aliphatic carbocycles. The average molecular weight is 477 g/mol. The number of nitrogens with one attached hydrogen (secondary N) is 2. The van der Waals surface area contributed by atoms with E-state index in [4.69, 9.17) is 4.98 Å². The van der Waals surface area contributed by atoms with Crippen molar-refractivity contribution in [1.82, 2.24) is 15.0 Å². The summed E-state index contributed by atoms with van der Waals surface area (Å²) >= 11 is 1.56. The monoisotopic (exact) mass is 476 g/mol. The number of aromatic nitrogens is 1. The summed E-state index contributed by atoms with van der Waals surface area (Å²) in [6.45, 7) is 3.06. The van der Waals surface area contributed by atoms with E-state index in [9.17, 15) is 9.18 Å². The van der Waals surface area contributed by atoms with E-state index in [1.165, 1.54) is 24.5 Å². The Labute approximate surface area is 204 Å². The fourth-order valence-electron chi connectivity index (χ4n) is 5.35. The normalized spacial score (nSPS) is 16.1. The van der Waals surface area contributed by atoms with Crippen LogP contribution < -0.4 is 14.9 Å². The van der Waals surface area contributed by atoms with E-state index in [1.807, 2.05) is 49.3 Å². The second kappa shape index (κ2) is 9.39. The first kappa shape index (κ1) is 22.9. The molecular formula is C27H29FN4OS. The summed E-state index contributed by atoms with van der Waals surface area (Å²) in [5.41, 5.74) is 5.75. The molecule has 1 aliphatic heterocycles. The lowest BCUT2D eigenvalue weighted by Crippen LogP contribution is -2.41. The lowest BCUT2D eigenvalue weighted by atomic mass is 9.80. The van der Waals surface area contributed by atoms with Crippen molar-refractivity contribution in [1.29, 1.82) is 0 Å². The van der Waals surface area contributed by atoms with Gasteiger partial charge in [-0.3, -0.25) is 14.6 Å². The molecule has 2 aliphatic rings. The highest BCUT2D eigenvalue weighted by molar-refractivity contribution is 7.97. The Hall–Kier alpha value is -2.90. The van der Waals surface area contributed by atoms with E-state index in [0.717, 1.165) is 45.8 Å². The maximum Gasteiger partial charge on any atom is 0.322 e. The fourth-order valence-corrected chi connectivity index (χ4v) is 5.86. The Morgan fingerprint density at radius 1 is 1.15 bits per heavy atom. The van der Waals surface area contributed by atoms with Crippen molar-refractivity contribution in [3.8, 4) is 11.3 Å². The van der Waals surface area contributed by atoms with Gasteiger partial charge in [-0.2, -0.15) is 0 Å². The third-order valence-electron chi connectivity index (χ3n) is 7.06. The van der Waals surface area contributed by atoms with Crippen LogP contribution in [0.2, 0.25) is 0 Å². The zero-order chi connectivity index (χ0) is 23.7. The topological polar surface area (TPSA) is 57.3 Å². The molecule has 1 saturated carbocycles. The molecule has 1 fully saturated rings. The quantitative estimate of drug-likeness (QED) is 0.446. The minimum absolute atomic E-state index is 0.0235. The minimum Gasteiger partial charge on any atom is -0.334 e. The molecule has 0 saturated heterocycles. The number of hydrogen-bond acceptors (Lipinski definition) is 4. The molecule has 2 aromatic carbocycles. The van der Waals surface area contributed by atoms with Gasteiger partial charge in [-0.05, 0) is 91.8 Å². The predicted molar refractivity (Wildman–Crippen MR) is 135 cm³/mol. The smallest absolute Gasteiger partial charge is 0.322 e. The van der Waals surface area contributed by atoms with E-state index in [-0.39, 0.29) is 17.3 Å². The molecule has 1 aromatic heterocycles. The van der Waals surface area contributed by atoms with Gasteiger partial charge in [0.25, 0.3) is 0 Å². The van der Waals surface area contributed by atoms with Crippen LogP contribution >= 0.6 is 11.9 Å². The van der Waals surface area contributed by atoms with Gasteiger partial charge in [0.2, 0.25) is 0 Å². The van der Waals surface area contributed by atoms with Crippen molar-refractivity contribution in [3.63, 3.8) is 0 Å². The average Bonchev–Trinajstić information content (AvgIpc) is 3.44. The Morgan fingerprint density at radius 2 is 1.91 bits per heavy atom. The van der Waals surface area contributed by atoms with Gasteiger partial charge >= 0.3 is 6.03 Å². The van der Waals surface area contributed by atoms with Crippen molar-refractivity contribution in [2.75, 3.05) is 18.5 Å². The number of aryl methyl sites for hydroxylation is 1. The van der Waals surface area contributed by atoms with Gasteiger partial charge in [0.1, 0.15) is 5.82 Å². The lowest BCUT2D eigenvalue weighted by Gasteiger charge is -2.25. The molecule has 0 atom stereocenters. The van der Waals surface area contributed by atoms with E-state index < -0.39 is 0 Å². The molecular weight excluding hydrogens is 447 g/mol. The number of nitrogens with zero attached hydrogens (tertiary/aromatic N) is 2. The summed E-state index contributed by atoms with van der Waals surface area (Å²) in [6, 6.07) is 15.0. The third kappa shape index (κ3) is 4.30. The van der Waals surface area contributed by atoms with Crippen molar-refractivity contribution < 1.29 is 9.18 Å². The third-order valence-corrected chi connectivity index (χ3v) is 7.78. The number of urea groups is 1. The molecule has 0 bridgehead atoms. The van der Waals surface area contributed by atoms with Crippen LogP contribution in [0.1, 0.15) is 42.4 Å². The van der Waals surface area contributed by atoms with E-state index in [0.29, 0.717) is 13.1 Å². The molecule has 1 spiro atoms. The first-order chi connectivity index (χ1) is 16.5. The van der Waals surface area contributed by atoms with Crippen molar-refractivity contribution in [2.45, 2.75) is 49.5 Å². The summed E-state index contributed by atoms with van der Waals surface area (Å²) in [7, 11) is 1.89. The summed E-state index contributed by atoms with van der Waals surface area (Å²) in [5.74, 6) is -0.243. The maximum atomic E-state index is 13.6. The van der Waals surface area contributed by atoms with Gasteiger partial charge in [0.05, 0.1) is 17.6 Å². The molecule has 34 heavy (non-hydrogen) atoms. The zero-order valence-electron chi connectivity index (χ0n) is 19.5. The highest BCUT2D eigenvalue weighted by Crippen LogP contribution is 2.51. The summed E-state index contributed by atoms with van der Waals surface area (Å²) < 4.78 is 16.7. The van der Waals surface area contributed by atoms with Gasteiger partial charge in [-0.1, -0.05) is 25.0 Å². The highest BCUT2D eigenvalue weighted by atomic mass is 32.2. The van der Waals surface area contributed by atoms with Crippen molar-refractivity contribution in [3.05, 3.63) is 77.2 Å². The number of amides is 2. The second-order valence-electron chi connectivity index (χ2n) is 9.23. The van der Waals surface area contributed by atoms with Crippen LogP contribution in [0.3, 0.4) is 0 Å². The largest absolute Gasteiger partial charge is 0.334 e. The maximum absolute atomic E-state index is 13.6. The molecule has 2 amide bonds. The number of anilines is 1. The number of rotatable bonds is 5. The molecule has 5 rings (SSSR count).